The molecular weight excluding hydrogens is 1290 g/mol. The fraction of sp³-hybridized carbons (Fsp3) is 0.737. The number of nitrogens with one attached hydrogen (secondary N) is 4. The highest BCUT2D eigenvalue weighted by molar-refractivity contribution is 6.03. The van der Waals surface area contributed by atoms with E-state index in [4.69, 9.17) is 0 Å². The second-order valence-corrected chi connectivity index (χ2v) is 31.2. The normalized spacial score (nSPS) is 24.5. The zero-order valence-corrected chi connectivity index (χ0v) is 66.4. The van der Waals surface area contributed by atoms with Gasteiger partial charge < -0.3 is 65.6 Å². The van der Waals surface area contributed by atoms with Crippen molar-refractivity contribution in [3.05, 3.63) is 47.7 Å². The molecule has 1 saturated heterocycles. The summed E-state index contributed by atoms with van der Waals surface area (Å²) in [5, 5.41) is 23.8. The number of hydrogen-bond acceptors (Lipinski definition) is 13. The molecule has 1 fully saturated rings. The van der Waals surface area contributed by atoms with Gasteiger partial charge >= 0.3 is 0 Å². The van der Waals surface area contributed by atoms with Gasteiger partial charge in [0.05, 0.1) is 6.10 Å². The van der Waals surface area contributed by atoms with Gasteiger partial charge in [-0.25, -0.2) is 0 Å². The van der Waals surface area contributed by atoms with Crippen molar-refractivity contribution in [2.75, 3.05) is 49.3 Å². The molecule has 0 unspecified atom stereocenters. The smallest absolute Gasteiger partial charge is 0.270 e. The number of aryl methyl sites for hydroxylation is 1. The summed E-state index contributed by atoms with van der Waals surface area (Å²) in [6.45, 7) is 40.0. The topological polar surface area (TPSA) is 299 Å². The van der Waals surface area contributed by atoms with Crippen molar-refractivity contribution in [1.29, 1.82) is 0 Å². The van der Waals surface area contributed by atoms with Crippen LogP contribution in [0, 0.1) is 41.4 Å². The molecule has 0 aliphatic carbocycles. The summed E-state index contributed by atoms with van der Waals surface area (Å²) in [5.41, 5.74) is 1.03. The van der Waals surface area contributed by atoms with Crippen LogP contribution in [0.25, 0.3) is 0 Å². The van der Waals surface area contributed by atoms with Crippen molar-refractivity contribution >= 4 is 70.9 Å². The summed E-state index contributed by atoms with van der Waals surface area (Å²) in [6, 6.07) is -5.64. The molecule has 1 aliphatic rings. The van der Waals surface area contributed by atoms with Gasteiger partial charge in [0.1, 0.15) is 66.1 Å². The Morgan fingerprint density at radius 2 is 0.950 bits per heavy atom. The number of likely N-dealkylation sites (N-methyl/N-ethyl adjacent to an activating group) is 7. The summed E-state index contributed by atoms with van der Waals surface area (Å²) in [6.07, 6.45) is 0.492. The molecule has 1 heterocycles. The summed E-state index contributed by atoms with van der Waals surface area (Å²) in [4.78, 5) is 187. The molecule has 12 amide bonds. The van der Waals surface area contributed by atoms with Crippen molar-refractivity contribution in [3.8, 4) is 0 Å². The number of rotatable bonds is 21. The minimum atomic E-state index is -1.71. The fourth-order valence-electron chi connectivity index (χ4n) is 13.3. The molecule has 0 saturated carbocycles. The lowest BCUT2D eigenvalue weighted by molar-refractivity contribution is -0.157. The number of aliphatic hydroxyl groups excluding tert-OH is 1. The Morgan fingerprint density at radius 1 is 0.505 bits per heavy atom. The van der Waals surface area contributed by atoms with Crippen molar-refractivity contribution < 1.29 is 62.6 Å². The first-order chi connectivity index (χ1) is 46.7. The van der Waals surface area contributed by atoms with Crippen LogP contribution in [0.2, 0.25) is 0 Å². The predicted molar refractivity (Wildman–Crippen MR) is 394 cm³/mol. The van der Waals surface area contributed by atoms with Crippen LogP contribution in [0.5, 0.6) is 0 Å². The monoisotopic (exact) mass is 1420 g/mol. The van der Waals surface area contributed by atoms with Crippen LogP contribution in [0.15, 0.2) is 36.5 Å². The summed E-state index contributed by atoms with van der Waals surface area (Å²) < 4.78 is 0. The van der Waals surface area contributed by atoms with Crippen LogP contribution in [-0.4, -0.2) is 243 Å². The molecule has 1 aliphatic heterocycles. The number of carbonyl (C=O) groups is 12. The van der Waals surface area contributed by atoms with E-state index in [1.54, 1.807) is 47.6 Å². The first-order valence-corrected chi connectivity index (χ1v) is 36.6. The fourth-order valence-corrected chi connectivity index (χ4v) is 13.3. The number of hydrogen-bond donors (Lipinski definition) is 5. The van der Waals surface area contributed by atoms with Gasteiger partial charge in [-0.05, 0) is 152 Å². The highest BCUT2D eigenvalue weighted by Crippen LogP contribution is 2.27. The third-order valence-corrected chi connectivity index (χ3v) is 19.3. The van der Waals surface area contributed by atoms with Crippen LogP contribution < -0.4 is 21.3 Å². The van der Waals surface area contributed by atoms with Crippen molar-refractivity contribution in [1.82, 2.24) is 60.5 Å². The lowest BCUT2D eigenvalue weighted by Gasteiger charge is -2.41. The standard InChI is InChI=1S/C76H130N12O13/c1-29-32-56-72(97)81(22)53(21)70(95)82(23)58(38-43(4)5)67(92)80-61(46(10)11)75(100)83(24)57(37-42(2)3)66(91)77-51(19)65(90)78-52(20)69(94)84(25)59(39-44(6)7)73(98)85(26)60(40-45(8)9)74(99)86(27)62(47(12)13)76(101)87(28)63(68(93)79-56)64(89)50(18)33-30-34-54-35-31-36-55(41-54)71(96)88(48(14)15)49(16)17/h31,35-36,41-52,56-64,89H,21,29-30,32-34,37-40H2,1-20,22-28H3,(H,77,91)(H,78,90)(H,79,93)(H,80,92)/t50-,51-,52+,56+,57-,58+,59+,60+,61-,62+,63+,64-/m1/s1. The van der Waals surface area contributed by atoms with Gasteiger partial charge in [-0.1, -0.05) is 122 Å². The number of aliphatic hydroxyl groups is 1. The molecule has 0 bridgehead atoms. The summed E-state index contributed by atoms with van der Waals surface area (Å²) in [5.74, 6) is -10.7. The zero-order valence-electron chi connectivity index (χ0n) is 66.4. The zero-order chi connectivity index (χ0) is 77.8. The van der Waals surface area contributed by atoms with Crippen LogP contribution >= 0.6 is 0 Å². The van der Waals surface area contributed by atoms with Crippen LogP contribution in [0.4, 0.5) is 0 Å². The molecule has 0 spiro atoms. The van der Waals surface area contributed by atoms with E-state index in [0.717, 1.165) is 20.3 Å². The Labute approximate surface area is 604 Å². The van der Waals surface area contributed by atoms with Gasteiger partial charge in [0.15, 0.2) is 0 Å². The van der Waals surface area contributed by atoms with Gasteiger partial charge in [-0.2, -0.15) is 0 Å². The van der Waals surface area contributed by atoms with E-state index < -0.39 is 149 Å². The highest BCUT2D eigenvalue weighted by atomic mass is 16.3. The SMILES string of the molecule is C=C1C(=O)N(C)[C@@H](CC(C)C)C(=O)N[C@H](C(C)C)C(=O)N(C)[C@H](CC(C)C)C(=O)N[C@H](C)C(=O)N[C@@H](C)C(=O)N(C)[C@@H](CC(C)C)C(=O)N(C)[C@@H](CC(C)C)C(=O)N(C)[C@@H](C(C)C)C(=O)N(C)[C@@H]([C@H](O)[C@H](C)CCCc2cccc(C(=O)N(C(C)C)C(C)C)c2)C(=O)N[C@@H](CCC)C(=O)N1C. The number of benzene rings is 1. The van der Waals surface area contributed by atoms with E-state index in [1.807, 2.05) is 106 Å². The third kappa shape index (κ3) is 24.6. The van der Waals surface area contributed by atoms with E-state index in [2.05, 4.69) is 27.8 Å². The Kier molecular flexibility index (Phi) is 35.9. The molecule has 0 aromatic heterocycles. The first kappa shape index (κ1) is 89.6. The summed E-state index contributed by atoms with van der Waals surface area (Å²) >= 11 is 0. The molecule has 1 aromatic rings. The predicted octanol–water partition coefficient (Wildman–Crippen LogP) is 6.49. The van der Waals surface area contributed by atoms with Gasteiger partial charge in [-0.3, -0.25) is 57.5 Å². The Balaban J connectivity index is 3.06. The maximum atomic E-state index is 15.6. The molecule has 2 rings (SSSR count). The van der Waals surface area contributed by atoms with Crippen LogP contribution in [0.1, 0.15) is 206 Å². The van der Waals surface area contributed by atoms with E-state index in [0.29, 0.717) is 31.2 Å². The minimum absolute atomic E-state index is 0.0113. The molecule has 0 radical (unpaired) electrons. The van der Waals surface area contributed by atoms with Gasteiger partial charge in [0.2, 0.25) is 59.1 Å². The third-order valence-electron chi connectivity index (χ3n) is 19.3. The molecule has 12 atom stereocenters. The van der Waals surface area contributed by atoms with Gasteiger partial charge in [0.25, 0.3) is 11.8 Å². The lowest BCUT2D eigenvalue weighted by atomic mass is 9.89. The van der Waals surface area contributed by atoms with Crippen molar-refractivity contribution in [3.63, 3.8) is 0 Å². The largest absolute Gasteiger partial charge is 0.390 e. The van der Waals surface area contributed by atoms with Crippen LogP contribution in [0.3, 0.4) is 0 Å². The molecule has 572 valence electrons. The molecule has 25 heteroatoms. The summed E-state index contributed by atoms with van der Waals surface area (Å²) in [7, 11) is 9.78. The molecule has 25 nitrogen and oxygen atoms in total. The molecule has 1 aromatic carbocycles. The maximum Gasteiger partial charge on any atom is 0.270 e. The first-order valence-electron chi connectivity index (χ1n) is 36.6. The Morgan fingerprint density at radius 3 is 1.43 bits per heavy atom. The average Bonchev–Trinajstić information content (AvgIpc) is 0.804. The maximum absolute atomic E-state index is 15.6. The Bertz CT molecular complexity index is 3010. The van der Waals surface area contributed by atoms with E-state index in [1.165, 1.54) is 82.8 Å². The van der Waals surface area contributed by atoms with Gasteiger partial charge in [-0.15, -0.1) is 0 Å². The minimum Gasteiger partial charge on any atom is -0.390 e. The molecular formula is C76H130N12O13. The molecule has 101 heavy (non-hydrogen) atoms. The average molecular weight is 1420 g/mol. The Hall–Kier alpha value is -7.44. The van der Waals surface area contributed by atoms with Crippen LogP contribution in [-0.2, 0) is 59.2 Å². The van der Waals surface area contributed by atoms with Crippen molar-refractivity contribution in [2.24, 2.45) is 41.4 Å². The molecule has 5 N–H and O–H groups in total. The second-order valence-electron chi connectivity index (χ2n) is 31.2. The second kappa shape index (κ2) is 40.4. The highest BCUT2D eigenvalue weighted by Gasteiger charge is 2.46. The van der Waals surface area contributed by atoms with E-state index in [9.17, 15) is 43.5 Å². The number of nitrogens with zero attached hydrogens (tertiary/aromatic N) is 8. The number of carbonyl (C=O) groups excluding carboxylic acids is 12. The quantitative estimate of drug-likeness (QED) is 0.0824. The van der Waals surface area contributed by atoms with Crippen molar-refractivity contribution in [2.45, 2.75) is 275 Å². The van der Waals surface area contributed by atoms with E-state index >= 15 is 19.2 Å². The van der Waals surface area contributed by atoms with Gasteiger partial charge in [0, 0.05) is 67.0 Å². The van der Waals surface area contributed by atoms with E-state index in [-0.39, 0.29) is 79.5 Å². The number of amides is 12. The lowest BCUT2D eigenvalue weighted by Crippen LogP contribution is -2.63.